The lowest BCUT2D eigenvalue weighted by molar-refractivity contribution is 0.622. The fourth-order valence-corrected chi connectivity index (χ4v) is 5.49. The number of hydrogen-bond donors (Lipinski definition) is 0. The molecule has 2 aromatic heterocycles. The normalized spacial score (nSPS) is 13.0. The molecular weight excluding hydrogens is 429 g/mol. The predicted molar refractivity (Wildman–Crippen MR) is 126 cm³/mol. The monoisotopic (exact) mass is 451 g/mol. The highest BCUT2D eigenvalue weighted by Gasteiger charge is 2.16. The maximum absolute atomic E-state index is 13.6. The van der Waals surface area contributed by atoms with E-state index < -0.39 is 15.5 Å². The van der Waals surface area contributed by atoms with Crippen LogP contribution in [-0.4, -0.2) is 20.4 Å². The average molecular weight is 452 g/mol. The summed E-state index contributed by atoms with van der Waals surface area (Å²) in [6.07, 6.45) is 3.99. The van der Waals surface area contributed by atoms with Crippen molar-refractivity contribution in [2.24, 2.45) is 4.36 Å². The van der Waals surface area contributed by atoms with E-state index in [1.807, 2.05) is 18.2 Å². The van der Waals surface area contributed by atoms with Crippen LogP contribution >= 0.6 is 11.3 Å². The first-order valence-corrected chi connectivity index (χ1v) is 12.6. The fraction of sp³-hybridized carbons (Fsp3) is 0.167. The number of nitrogens with zero attached hydrogens (tertiary/aromatic N) is 3. The lowest BCUT2D eigenvalue weighted by Crippen LogP contribution is -1.97. The minimum Gasteiger partial charge on any atom is -0.245 e. The van der Waals surface area contributed by atoms with Gasteiger partial charge in [0, 0.05) is 18.0 Å². The van der Waals surface area contributed by atoms with Gasteiger partial charge in [0.1, 0.15) is 5.82 Å². The molecule has 4 rings (SSSR count). The van der Waals surface area contributed by atoms with Gasteiger partial charge in [-0.2, -0.15) is 4.36 Å². The quantitative estimate of drug-likeness (QED) is 0.340. The van der Waals surface area contributed by atoms with Crippen LogP contribution in [0.25, 0.3) is 21.7 Å². The summed E-state index contributed by atoms with van der Waals surface area (Å²) in [5.41, 5.74) is 4.06. The Morgan fingerprint density at radius 3 is 2.61 bits per heavy atom. The molecule has 1 atom stereocenters. The Morgan fingerprint density at radius 1 is 1.06 bits per heavy atom. The van der Waals surface area contributed by atoms with Gasteiger partial charge in [0.15, 0.2) is 5.82 Å². The SMILES string of the molecule is CCc1nc(-c2cccc(C)c2)c(-c2ccnc(N=S(C)(=O)c3cccc(F)c3)c2)s1. The zero-order chi connectivity index (χ0) is 22.0. The largest absolute Gasteiger partial charge is 0.245 e. The second kappa shape index (κ2) is 8.69. The number of rotatable bonds is 5. The minimum atomic E-state index is -2.84. The van der Waals surface area contributed by atoms with E-state index in [0.717, 1.165) is 33.1 Å². The van der Waals surface area contributed by atoms with Gasteiger partial charge < -0.3 is 0 Å². The third-order valence-corrected chi connectivity index (χ3v) is 7.69. The number of aromatic nitrogens is 2. The summed E-state index contributed by atoms with van der Waals surface area (Å²) in [5, 5.41) is 1.04. The van der Waals surface area contributed by atoms with Crippen LogP contribution in [0.15, 0.2) is 76.1 Å². The zero-order valence-corrected chi connectivity index (χ0v) is 19.1. The van der Waals surface area contributed by atoms with Gasteiger partial charge in [0.05, 0.1) is 30.2 Å². The van der Waals surface area contributed by atoms with E-state index >= 15 is 0 Å². The summed E-state index contributed by atoms with van der Waals surface area (Å²) in [7, 11) is -2.84. The van der Waals surface area contributed by atoms with E-state index in [9.17, 15) is 8.60 Å². The molecule has 0 fully saturated rings. The maximum Gasteiger partial charge on any atom is 0.162 e. The molecule has 0 aliphatic carbocycles. The standard InChI is InChI=1S/C24H22FN3OS2/c1-4-22-27-23(17-8-5-7-16(2)13-17)24(30-22)18-11-12-26-21(14-18)28-31(3,29)20-10-6-9-19(25)15-20/h5-15H,4H2,1-3H3. The maximum atomic E-state index is 13.6. The summed E-state index contributed by atoms with van der Waals surface area (Å²) in [6.45, 7) is 4.14. The molecule has 0 amide bonds. The van der Waals surface area contributed by atoms with Crippen molar-refractivity contribution in [3.63, 3.8) is 0 Å². The molecule has 0 N–H and O–H groups in total. The molecule has 0 bridgehead atoms. The third-order valence-electron chi connectivity index (χ3n) is 4.77. The van der Waals surface area contributed by atoms with E-state index in [1.54, 1.807) is 23.6 Å². The molecule has 4 aromatic rings. The van der Waals surface area contributed by atoms with Crippen LogP contribution in [0, 0.1) is 12.7 Å². The van der Waals surface area contributed by atoms with E-state index in [4.69, 9.17) is 4.98 Å². The van der Waals surface area contributed by atoms with Crippen LogP contribution in [0.2, 0.25) is 0 Å². The van der Waals surface area contributed by atoms with Crippen molar-refractivity contribution in [1.82, 2.24) is 9.97 Å². The smallest absolute Gasteiger partial charge is 0.162 e. The van der Waals surface area contributed by atoms with Crippen LogP contribution < -0.4 is 0 Å². The number of benzene rings is 2. The van der Waals surface area contributed by atoms with Crippen molar-refractivity contribution < 1.29 is 8.60 Å². The Morgan fingerprint density at radius 2 is 1.87 bits per heavy atom. The molecular formula is C24H22FN3OS2. The molecule has 0 saturated carbocycles. The lowest BCUT2D eigenvalue weighted by atomic mass is 10.1. The second-order valence-electron chi connectivity index (χ2n) is 7.26. The first kappa shape index (κ1) is 21.3. The minimum absolute atomic E-state index is 0.339. The molecule has 2 aromatic carbocycles. The number of halogens is 1. The summed E-state index contributed by atoms with van der Waals surface area (Å²) in [6, 6.07) is 17.7. The topological polar surface area (TPSA) is 55.2 Å². The highest BCUT2D eigenvalue weighted by atomic mass is 32.2. The number of thiazole rings is 1. The van der Waals surface area contributed by atoms with Gasteiger partial charge >= 0.3 is 0 Å². The van der Waals surface area contributed by atoms with Gasteiger partial charge in [-0.05, 0) is 55.3 Å². The number of pyridine rings is 1. The van der Waals surface area contributed by atoms with Gasteiger partial charge in [0.2, 0.25) is 0 Å². The van der Waals surface area contributed by atoms with Gasteiger partial charge in [-0.3, -0.25) is 0 Å². The van der Waals surface area contributed by atoms with Crippen molar-refractivity contribution in [2.75, 3.05) is 6.26 Å². The average Bonchev–Trinajstić information content (AvgIpc) is 3.18. The van der Waals surface area contributed by atoms with Gasteiger partial charge in [-0.15, -0.1) is 11.3 Å². The molecule has 0 saturated heterocycles. The second-order valence-corrected chi connectivity index (χ2v) is 10.6. The molecule has 0 spiro atoms. The summed E-state index contributed by atoms with van der Waals surface area (Å²) in [5.74, 6) is -0.0977. The molecule has 1 unspecified atom stereocenters. The Hall–Kier alpha value is -2.90. The molecule has 158 valence electrons. The first-order chi connectivity index (χ1) is 14.9. The summed E-state index contributed by atoms with van der Waals surface area (Å²) >= 11 is 1.64. The van der Waals surface area contributed by atoms with Gasteiger partial charge in [-0.25, -0.2) is 18.6 Å². The van der Waals surface area contributed by atoms with Crippen LogP contribution in [0.5, 0.6) is 0 Å². The highest BCUT2D eigenvalue weighted by molar-refractivity contribution is 7.93. The molecule has 0 radical (unpaired) electrons. The van der Waals surface area contributed by atoms with E-state index in [2.05, 4.69) is 41.4 Å². The summed E-state index contributed by atoms with van der Waals surface area (Å²) in [4.78, 5) is 10.5. The first-order valence-electron chi connectivity index (χ1n) is 9.86. The van der Waals surface area contributed by atoms with Crippen molar-refractivity contribution in [3.8, 4) is 21.7 Å². The molecule has 2 heterocycles. The van der Waals surface area contributed by atoms with E-state index in [-0.39, 0.29) is 0 Å². The third kappa shape index (κ3) is 4.73. The molecule has 31 heavy (non-hydrogen) atoms. The Balaban J connectivity index is 1.81. The van der Waals surface area contributed by atoms with E-state index in [0.29, 0.717) is 10.7 Å². The van der Waals surface area contributed by atoms with Crippen LogP contribution in [0.1, 0.15) is 17.5 Å². The fourth-order valence-electron chi connectivity index (χ4n) is 3.24. The number of aryl methyl sites for hydroxylation is 2. The van der Waals surface area contributed by atoms with Crippen molar-refractivity contribution in [3.05, 3.63) is 83.2 Å². The molecule has 7 heteroatoms. The molecule has 4 nitrogen and oxygen atoms in total. The highest BCUT2D eigenvalue weighted by Crippen LogP contribution is 2.38. The zero-order valence-electron chi connectivity index (χ0n) is 17.5. The lowest BCUT2D eigenvalue weighted by Gasteiger charge is -2.07. The van der Waals surface area contributed by atoms with Gasteiger partial charge in [-0.1, -0.05) is 36.8 Å². The Bertz CT molecular complexity index is 1370. The Kier molecular flexibility index (Phi) is 5.98. The Labute approximate surface area is 186 Å². The summed E-state index contributed by atoms with van der Waals surface area (Å²) < 4.78 is 31.1. The van der Waals surface area contributed by atoms with Crippen molar-refractivity contribution in [1.29, 1.82) is 0 Å². The van der Waals surface area contributed by atoms with Crippen LogP contribution in [0.3, 0.4) is 0 Å². The number of hydrogen-bond acceptors (Lipinski definition) is 5. The van der Waals surface area contributed by atoms with Gasteiger partial charge in [0.25, 0.3) is 0 Å². The molecule has 0 aliphatic heterocycles. The van der Waals surface area contributed by atoms with Crippen molar-refractivity contribution in [2.45, 2.75) is 25.2 Å². The van der Waals surface area contributed by atoms with E-state index in [1.165, 1.54) is 30.0 Å². The van der Waals surface area contributed by atoms with Crippen LogP contribution in [0.4, 0.5) is 10.2 Å². The van der Waals surface area contributed by atoms with Crippen LogP contribution in [-0.2, 0) is 16.1 Å². The van der Waals surface area contributed by atoms with Crippen molar-refractivity contribution >= 4 is 26.9 Å². The molecule has 0 aliphatic rings. The predicted octanol–water partition coefficient (Wildman–Crippen LogP) is 6.67.